The molecule has 3 amide bonds. The van der Waals surface area contributed by atoms with Crippen molar-refractivity contribution in [2.24, 2.45) is 5.92 Å². The molecule has 13 heteroatoms. The number of hydrogen-bond donors (Lipinski definition) is 2. The van der Waals surface area contributed by atoms with Crippen molar-refractivity contribution in [1.29, 1.82) is 0 Å². The van der Waals surface area contributed by atoms with Crippen LogP contribution in [0.4, 0.5) is 27.6 Å². The number of carbonyl (C=O) groups excluding carboxylic acids is 3. The number of hydrogen-bond acceptors (Lipinski definition) is 4. The molecule has 0 spiro atoms. The van der Waals surface area contributed by atoms with Gasteiger partial charge in [-0.15, -0.1) is 0 Å². The molecule has 2 aliphatic rings. The van der Waals surface area contributed by atoms with Crippen molar-refractivity contribution in [1.82, 2.24) is 10.2 Å². The number of nitrogens with zero attached hydrogens (tertiary/aromatic N) is 1. The van der Waals surface area contributed by atoms with Crippen molar-refractivity contribution in [3.8, 4) is 5.75 Å². The van der Waals surface area contributed by atoms with Crippen molar-refractivity contribution >= 4 is 35.0 Å². The number of nitrogens with one attached hydrogen (secondary N) is 2. The van der Waals surface area contributed by atoms with E-state index in [0.29, 0.717) is 18.7 Å². The number of benzene rings is 3. The van der Waals surface area contributed by atoms with E-state index in [0.717, 1.165) is 12.1 Å². The van der Waals surface area contributed by atoms with Crippen LogP contribution < -0.4 is 15.4 Å². The number of amides is 3. The average Bonchev–Trinajstić information content (AvgIpc) is 3.41. The monoisotopic (exact) mass is 593 g/mol. The Labute approximate surface area is 235 Å². The predicted octanol–water partition coefficient (Wildman–Crippen LogP) is 5.58. The number of fused-ring (bicyclic) bond motifs is 1. The summed E-state index contributed by atoms with van der Waals surface area (Å²) in [6.45, 7) is 0.553. The van der Waals surface area contributed by atoms with Crippen LogP contribution >= 0.6 is 11.6 Å². The zero-order chi connectivity index (χ0) is 29.6. The average molecular weight is 594 g/mol. The Morgan fingerprint density at radius 3 is 2.54 bits per heavy atom. The molecule has 214 valence electrons. The van der Waals surface area contributed by atoms with E-state index in [4.69, 9.17) is 16.3 Å². The van der Waals surface area contributed by atoms with Crippen LogP contribution in [0, 0.1) is 17.6 Å². The second-order valence-corrected chi connectivity index (χ2v) is 10.2. The third kappa shape index (κ3) is 5.83. The van der Waals surface area contributed by atoms with Gasteiger partial charge in [-0.05, 0) is 42.5 Å². The zero-order valence-electron chi connectivity index (χ0n) is 21.2. The Balaban J connectivity index is 1.54. The lowest BCUT2D eigenvalue weighted by Gasteiger charge is -2.19. The molecule has 0 radical (unpaired) electrons. The number of halogens is 6. The standard InChI is InChI=1S/C28H21ClF5N3O4/c1-37-11-13(4-23(37)38)12-41-18-9-20-24(25(36-27(20)40)19-8-16(30)2-3-21(19)29)22(10-18)35-26(39)14-5-15(28(32,33)34)7-17(31)6-14/h2-3,5-10,13,25H,4,11-12H2,1H3,(H,35,39)(H,36,40)/t13-,25-/m0/s1. The van der Waals surface area contributed by atoms with E-state index >= 15 is 0 Å². The smallest absolute Gasteiger partial charge is 0.416 e. The molecule has 2 atom stereocenters. The van der Waals surface area contributed by atoms with Gasteiger partial charge in [-0.2, -0.15) is 13.2 Å². The molecule has 2 aliphatic heterocycles. The van der Waals surface area contributed by atoms with Gasteiger partial charge >= 0.3 is 6.18 Å². The van der Waals surface area contributed by atoms with Gasteiger partial charge in [0.25, 0.3) is 11.8 Å². The van der Waals surface area contributed by atoms with Gasteiger partial charge in [0.2, 0.25) is 5.91 Å². The van der Waals surface area contributed by atoms with Gasteiger partial charge in [-0.1, -0.05) is 11.6 Å². The first-order chi connectivity index (χ1) is 19.3. The lowest BCUT2D eigenvalue weighted by atomic mass is 9.95. The van der Waals surface area contributed by atoms with Crippen molar-refractivity contribution in [2.75, 3.05) is 25.5 Å². The fourth-order valence-electron chi connectivity index (χ4n) is 4.92. The van der Waals surface area contributed by atoms with Gasteiger partial charge in [0.1, 0.15) is 17.4 Å². The van der Waals surface area contributed by atoms with E-state index in [1.165, 1.54) is 18.2 Å². The highest BCUT2D eigenvalue weighted by atomic mass is 35.5. The summed E-state index contributed by atoms with van der Waals surface area (Å²) >= 11 is 6.29. The SMILES string of the molecule is CN1C[C@@H](COc2cc(NC(=O)c3cc(F)cc(C(F)(F)F)c3)c3c(c2)C(=O)N[C@H]3c2cc(F)ccc2Cl)CC1=O. The molecule has 1 fully saturated rings. The van der Waals surface area contributed by atoms with Crippen LogP contribution in [0.2, 0.25) is 5.02 Å². The maximum atomic E-state index is 14.1. The molecule has 0 saturated carbocycles. The summed E-state index contributed by atoms with van der Waals surface area (Å²) in [6, 6.07) is 6.63. The molecule has 0 bridgehead atoms. The number of alkyl halides is 3. The molecule has 0 aromatic heterocycles. The number of rotatable bonds is 6. The highest BCUT2D eigenvalue weighted by Crippen LogP contribution is 2.42. The third-order valence-corrected chi connectivity index (χ3v) is 7.22. The molecule has 1 saturated heterocycles. The van der Waals surface area contributed by atoms with Crippen molar-refractivity contribution < 1.29 is 41.1 Å². The Hall–Kier alpha value is -4.19. The highest BCUT2D eigenvalue weighted by molar-refractivity contribution is 6.31. The molecule has 3 aromatic rings. The molecule has 5 rings (SSSR count). The van der Waals surface area contributed by atoms with Crippen LogP contribution in [0.3, 0.4) is 0 Å². The molecule has 2 heterocycles. The van der Waals surface area contributed by atoms with Crippen LogP contribution in [0.15, 0.2) is 48.5 Å². The second-order valence-electron chi connectivity index (χ2n) is 9.84. The normalized spacial score (nSPS) is 18.4. The Bertz CT molecular complexity index is 1580. The molecule has 3 aromatic carbocycles. The Morgan fingerprint density at radius 2 is 1.85 bits per heavy atom. The summed E-state index contributed by atoms with van der Waals surface area (Å²) < 4.78 is 73.8. The molecule has 2 N–H and O–H groups in total. The predicted molar refractivity (Wildman–Crippen MR) is 138 cm³/mol. The molecular formula is C28H21ClF5N3O4. The largest absolute Gasteiger partial charge is 0.493 e. The molecule has 0 unspecified atom stereocenters. The highest BCUT2D eigenvalue weighted by Gasteiger charge is 2.36. The fourth-order valence-corrected chi connectivity index (χ4v) is 5.15. The minimum atomic E-state index is -4.91. The van der Waals surface area contributed by atoms with Gasteiger partial charge < -0.3 is 20.3 Å². The quantitative estimate of drug-likeness (QED) is 0.366. The number of likely N-dealkylation sites (tertiary alicyclic amines) is 1. The van der Waals surface area contributed by atoms with Gasteiger partial charge in [-0.25, -0.2) is 8.78 Å². The molecule has 7 nitrogen and oxygen atoms in total. The molecule has 0 aliphatic carbocycles. The van der Waals surface area contributed by atoms with Crippen molar-refractivity contribution in [3.63, 3.8) is 0 Å². The van der Waals surface area contributed by atoms with Crippen molar-refractivity contribution in [2.45, 2.75) is 18.6 Å². The van der Waals surface area contributed by atoms with Gasteiger partial charge in [0.15, 0.2) is 0 Å². The fraction of sp³-hybridized carbons (Fsp3) is 0.250. The first-order valence-corrected chi connectivity index (χ1v) is 12.7. The van der Waals surface area contributed by atoms with E-state index < -0.39 is 46.8 Å². The zero-order valence-corrected chi connectivity index (χ0v) is 22.0. The van der Waals surface area contributed by atoms with Crippen LogP contribution in [-0.4, -0.2) is 42.8 Å². The summed E-state index contributed by atoms with van der Waals surface area (Å²) in [6.07, 6.45) is -4.65. The topological polar surface area (TPSA) is 87.7 Å². The van der Waals surface area contributed by atoms with Gasteiger partial charge in [0, 0.05) is 53.7 Å². The van der Waals surface area contributed by atoms with Crippen LogP contribution in [0.1, 0.15) is 49.9 Å². The molecular weight excluding hydrogens is 573 g/mol. The second kappa shape index (κ2) is 10.7. The summed E-state index contributed by atoms with van der Waals surface area (Å²) in [5.41, 5.74) is -1.67. The molecule has 41 heavy (non-hydrogen) atoms. The van der Waals surface area contributed by atoms with Crippen LogP contribution in [-0.2, 0) is 11.0 Å². The maximum Gasteiger partial charge on any atom is 0.416 e. The van der Waals surface area contributed by atoms with Gasteiger partial charge in [0.05, 0.1) is 29.5 Å². The first kappa shape index (κ1) is 28.3. The third-order valence-electron chi connectivity index (χ3n) is 6.87. The minimum absolute atomic E-state index is 0.0398. The van der Waals surface area contributed by atoms with E-state index in [2.05, 4.69) is 10.6 Å². The van der Waals surface area contributed by atoms with E-state index in [-0.39, 0.29) is 64.1 Å². The van der Waals surface area contributed by atoms with Gasteiger partial charge in [-0.3, -0.25) is 14.4 Å². The summed E-state index contributed by atoms with van der Waals surface area (Å²) in [4.78, 5) is 39.6. The van der Waals surface area contributed by atoms with Crippen LogP contribution in [0.25, 0.3) is 0 Å². The van der Waals surface area contributed by atoms with Crippen molar-refractivity contribution in [3.05, 3.63) is 93.0 Å². The lowest BCUT2D eigenvalue weighted by molar-refractivity contribution is -0.137. The summed E-state index contributed by atoms with van der Waals surface area (Å²) in [5.74, 6) is -3.69. The maximum absolute atomic E-state index is 14.1. The minimum Gasteiger partial charge on any atom is -0.493 e. The van der Waals surface area contributed by atoms with Crippen LogP contribution in [0.5, 0.6) is 5.75 Å². The number of anilines is 1. The summed E-state index contributed by atoms with van der Waals surface area (Å²) in [7, 11) is 1.66. The Morgan fingerprint density at radius 1 is 1.10 bits per heavy atom. The van der Waals surface area contributed by atoms with E-state index in [1.807, 2.05) is 0 Å². The lowest BCUT2D eigenvalue weighted by Crippen LogP contribution is -2.21. The Kier molecular flexibility index (Phi) is 7.37. The van der Waals surface area contributed by atoms with E-state index in [1.54, 1.807) is 11.9 Å². The first-order valence-electron chi connectivity index (χ1n) is 12.3. The summed E-state index contributed by atoms with van der Waals surface area (Å²) in [5, 5.41) is 5.24. The number of ether oxygens (including phenoxy) is 1. The number of carbonyl (C=O) groups is 3. The van der Waals surface area contributed by atoms with E-state index in [9.17, 15) is 36.3 Å².